The number of rotatable bonds is 6. The van der Waals surface area contributed by atoms with Gasteiger partial charge in [-0.15, -0.1) is 24.0 Å². The number of hydrogen-bond acceptors (Lipinski definition) is 2. The van der Waals surface area contributed by atoms with Crippen molar-refractivity contribution in [2.75, 3.05) is 13.7 Å². The molecule has 0 aromatic heterocycles. The van der Waals surface area contributed by atoms with Crippen LogP contribution in [0.4, 0.5) is 0 Å². The predicted molar refractivity (Wildman–Crippen MR) is 94.3 cm³/mol. The van der Waals surface area contributed by atoms with Crippen molar-refractivity contribution in [1.82, 2.24) is 5.32 Å². The zero-order chi connectivity index (χ0) is 13.4. The molecule has 3 N–H and O–H groups in total. The quantitative estimate of drug-likeness (QED) is 0.308. The zero-order valence-corrected chi connectivity index (χ0v) is 15.2. The Kier molecular flexibility index (Phi) is 10.0. The molecule has 0 bridgehead atoms. The van der Waals surface area contributed by atoms with Crippen molar-refractivity contribution in [2.24, 2.45) is 10.7 Å². The molecule has 1 aromatic carbocycles. The van der Waals surface area contributed by atoms with Gasteiger partial charge in [0.1, 0.15) is 5.75 Å². The summed E-state index contributed by atoms with van der Waals surface area (Å²) < 4.78 is 6.29. The molecule has 0 aliphatic carbocycles. The van der Waals surface area contributed by atoms with Gasteiger partial charge in [0.05, 0.1) is 13.7 Å². The van der Waals surface area contributed by atoms with Crippen molar-refractivity contribution in [3.63, 3.8) is 0 Å². The lowest BCUT2D eigenvalue weighted by molar-refractivity contribution is 0.410. The number of guanidine groups is 1. The summed E-state index contributed by atoms with van der Waals surface area (Å²) in [5.41, 5.74) is 6.78. The van der Waals surface area contributed by atoms with Crippen LogP contribution in [0.5, 0.6) is 5.75 Å². The highest BCUT2D eigenvalue weighted by Gasteiger charge is 2.03. The number of nitrogens with one attached hydrogen (secondary N) is 1. The smallest absolute Gasteiger partial charge is 0.188 e. The Morgan fingerprint density at radius 1 is 1.47 bits per heavy atom. The maximum Gasteiger partial charge on any atom is 0.188 e. The summed E-state index contributed by atoms with van der Waals surface area (Å²) in [6.07, 6.45) is 2.23. The van der Waals surface area contributed by atoms with E-state index in [1.807, 2.05) is 18.2 Å². The van der Waals surface area contributed by atoms with Gasteiger partial charge < -0.3 is 15.8 Å². The molecule has 0 fully saturated rings. The number of unbranched alkanes of at least 4 members (excludes halogenated alkanes) is 1. The van der Waals surface area contributed by atoms with Crippen LogP contribution in [0.25, 0.3) is 0 Å². The van der Waals surface area contributed by atoms with E-state index in [0.717, 1.165) is 35.2 Å². The van der Waals surface area contributed by atoms with Crippen LogP contribution in [0.15, 0.2) is 27.7 Å². The third-order valence-electron chi connectivity index (χ3n) is 2.50. The van der Waals surface area contributed by atoms with Crippen LogP contribution in [0, 0.1) is 0 Å². The summed E-state index contributed by atoms with van der Waals surface area (Å²) >= 11 is 3.43. The maximum absolute atomic E-state index is 5.78. The molecule has 6 heteroatoms. The highest BCUT2D eigenvalue weighted by molar-refractivity contribution is 14.0. The third kappa shape index (κ3) is 7.00. The van der Waals surface area contributed by atoms with E-state index in [9.17, 15) is 0 Å². The van der Waals surface area contributed by atoms with Gasteiger partial charge in [0, 0.05) is 16.6 Å². The first-order valence-corrected chi connectivity index (χ1v) is 6.83. The standard InChI is InChI=1S/C13H20BrN3O.HI/c1-3-4-7-16-13(15)17-9-10-8-11(14)5-6-12(10)18-2;/h5-6,8H,3-4,7,9H2,1-2H3,(H3,15,16,17);1H. The summed E-state index contributed by atoms with van der Waals surface area (Å²) in [4.78, 5) is 4.30. The van der Waals surface area contributed by atoms with Gasteiger partial charge in [-0.05, 0) is 24.6 Å². The third-order valence-corrected chi connectivity index (χ3v) is 2.99. The molecule has 0 radical (unpaired) electrons. The average Bonchev–Trinajstić information content (AvgIpc) is 2.37. The molecule has 0 aliphatic rings. The normalized spacial score (nSPS) is 10.8. The van der Waals surface area contributed by atoms with Crippen molar-refractivity contribution in [3.05, 3.63) is 28.2 Å². The molecule has 0 saturated heterocycles. The molecule has 0 amide bonds. The minimum absolute atomic E-state index is 0. The first-order valence-electron chi connectivity index (χ1n) is 6.03. The first kappa shape index (κ1) is 18.5. The fraction of sp³-hybridized carbons (Fsp3) is 0.462. The molecule has 0 spiro atoms. The second kappa shape index (κ2) is 10.3. The summed E-state index contributed by atoms with van der Waals surface area (Å²) in [5, 5.41) is 3.08. The second-order valence-corrected chi connectivity index (χ2v) is 4.85. The van der Waals surface area contributed by atoms with E-state index in [1.54, 1.807) is 7.11 Å². The van der Waals surface area contributed by atoms with E-state index in [0.29, 0.717) is 12.5 Å². The fourth-order valence-corrected chi connectivity index (χ4v) is 1.90. The van der Waals surface area contributed by atoms with E-state index >= 15 is 0 Å². The largest absolute Gasteiger partial charge is 0.496 e. The minimum atomic E-state index is 0. The number of benzene rings is 1. The van der Waals surface area contributed by atoms with Crippen LogP contribution in [0.2, 0.25) is 0 Å². The molecular formula is C13H21BrIN3O. The van der Waals surface area contributed by atoms with Gasteiger partial charge in [-0.3, -0.25) is 0 Å². The summed E-state index contributed by atoms with van der Waals surface area (Å²) in [5.74, 6) is 1.30. The Labute approximate surface area is 140 Å². The van der Waals surface area contributed by atoms with Gasteiger partial charge in [-0.2, -0.15) is 0 Å². The van der Waals surface area contributed by atoms with E-state index in [2.05, 4.69) is 33.2 Å². The van der Waals surface area contributed by atoms with Crippen LogP contribution < -0.4 is 15.8 Å². The molecule has 108 valence electrons. The van der Waals surface area contributed by atoms with E-state index in [4.69, 9.17) is 10.5 Å². The fourth-order valence-electron chi connectivity index (χ4n) is 1.49. The van der Waals surface area contributed by atoms with Crippen LogP contribution in [-0.4, -0.2) is 19.6 Å². The van der Waals surface area contributed by atoms with Crippen LogP contribution in [0.3, 0.4) is 0 Å². The molecule has 0 saturated carbocycles. The number of nitrogens with zero attached hydrogens (tertiary/aromatic N) is 1. The van der Waals surface area contributed by atoms with Gasteiger partial charge >= 0.3 is 0 Å². The van der Waals surface area contributed by atoms with Crippen molar-refractivity contribution >= 4 is 45.9 Å². The monoisotopic (exact) mass is 441 g/mol. The Morgan fingerprint density at radius 2 is 2.21 bits per heavy atom. The molecule has 1 rings (SSSR count). The molecule has 0 unspecified atom stereocenters. The molecule has 0 atom stereocenters. The topological polar surface area (TPSA) is 59.6 Å². The highest BCUT2D eigenvalue weighted by atomic mass is 127. The summed E-state index contributed by atoms with van der Waals surface area (Å²) in [7, 11) is 1.65. The zero-order valence-electron chi connectivity index (χ0n) is 11.3. The summed E-state index contributed by atoms with van der Waals surface area (Å²) in [6.45, 7) is 3.51. The van der Waals surface area contributed by atoms with Crippen LogP contribution in [-0.2, 0) is 6.54 Å². The number of ether oxygens (including phenoxy) is 1. The van der Waals surface area contributed by atoms with Gasteiger partial charge in [0.2, 0.25) is 0 Å². The molecule has 0 aliphatic heterocycles. The van der Waals surface area contributed by atoms with Crippen LogP contribution in [0.1, 0.15) is 25.3 Å². The minimum Gasteiger partial charge on any atom is -0.496 e. The maximum atomic E-state index is 5.78. The van der Waals surface area contributed by atoms with Crippen molar-refractivity contribution in [2.45, 2.75) is 26.3 Å². The van der Waals surface area contributed by atoms with Gasteiger partial charge in [-0.1, -0.05) is 29.3 Å². The number of halogens is 2. The van der Waals surface area contributed by atoms with E-state index < -0.39 is 0 Å². The van der Waals surface area contributed by atoms with Gasteiger partial charge in [-0.25, -0.2) is 4.99 Å². The van der Waals surface area contributed by atoms with Crippen molar-refractivity contribution in [3.8, 4) is 5.75 Å². The Hall–Kier alpha value is -0.500. The number of methoxy groups -OCH3 is 1. The van der Waals surface area contributed by atoms with E-state index in [1.165, 1.54) is 0 Å². The molecule has 4 nitrogen and oxygen atoms in total. The molecule has 0 heterocycles. The molecule has 19 heavy (non-hydrogen) atoms. The van der Waals surface area contributed by atoms with Gasteiger partial charge in [0.15, 0.2) is 5.96 Å². The summed E-state index contributed by atoms with van der Waals surface area (Å²) in [6, 6.07) is 5.84. The molecular weight excluding hydrogens is 421 g/mol. The lowest BCUT2D eigenvalue weighted by atomic mass is 10.2. The lowest BCUT2D eigenvalue weighted by Gasteiger charge is -2.08. The van der Waals surface area contributed by atoms with Crippen molar-refractivity contribution < 1.29 is 4.74 Å². The highest BCUT2D eigenvalue weighted by Crippen LogP contribution is 2.23. The van der Waals surface area contributed by atoms with Gasteiger partial charge in [0.25, 0.3) is 0 Å². The SMILES string of the molecule is CCCCNC(N)=NCc1cc(Br)ccc1OC.I. The second-order valence-electron chi connectivity index (χ2n) is 3.94. The Balaban J connectivity index is 0.00000324. The number of aliphatic imine (C=N–C) groups is 1. The molecule has 1 aromatic rings. The number of nitrogens with two attached hydrogens (primary N) is 1. The van der Waals surface area contributed by atoms with Crippen LogP contribution >= 0.6 is 39.9 Å². The number of hydrogen-bond donors (Lipinski definition) is 2. The van der Waals surface area contributed by atoms with E-state index in [-0.39, 0.29) is 24.0 Å². The first-order chi connectivity index (χ1) is 8.67. The predicted octanol–water partition coefficient (Wildman–Crippen LogP) is 3.28. The average molecular weight is 442 g/mol. The van der Waals surface area contributed by atoms with Crippen molar-refractivity contribution in [1.29, 1.82) is 0 Å². The lowest BCUT2D eigenvalue weighted by Crippen LogP contribution is -2.32. The Morgan fingerprint density at radius 3 is 2.84 bits per heavy atom. The Bertz CT molecular complexity index is 413.